The van der Waals surface area contributed by atoms with Gasteiger partial charge in [0.05, 0.1) is 5.69 Å². The topological polar surface area (TPSA) is 137 Å². The van der Waals surface area contributed by atoms with Gasteiger partial charge in [0.2, 0.25) is 5.71 Å². The van der Waals surface area contributed by atoms with Crippen LogP contribution in [0.2, 0.25) is 0 Å². The van der Waals surface area contributed by atoms with Crippen molar-refractivity contribution in [2.45, 2.75) is 6.92 Å². The minimum atomic E-state index is -0.391. The van der Waals surface area contributed by atoms with Gasteiger partial charge >= 0.3 is 0 Å². The van der Waals surface area contributed by atoms with E-state index in [1.54, 1.807) is 37.3 Å². The number of amidine groups is 1. The van der Waals surface area contributed by atoms with Crippen LogP contribution >= 0.6 is 0 Å². The van der Waals surface area contributed by atoms with Crippen LogP contribution in [0, 0.1) is 23.7 Å². The normalized spacial score (nSPS) is 10.9. The molecule has 1 aromatic heterocycles. The summed E-state index contributed by atoms with van der Waals surface area (Å²) in [4.78, 5) is 4.11. The molecule has 0 saturated carbocycles. The Morgan fingerprint density at radius 2 is 2.15 bits per heavy atom. The molecule has 0 unspecified atom stereocenters. The second kappa shape index (κ2) is 5.62. The van der Waals surface area contributed by atoms with Crippen molar-refractivity contribution in [1.29, 1.82) is 10.7 Å². The molecule has 0 aliphatic rings. The lowest BCUT2D eigenvalue weighted by Gasteiger charge is -2.01. The smallest absolute Gasteiger partial charge is 0.257 e. The maximum absolute atomic E-state index is 8.70. The molecule has 100 valence electrons. The summed E-state index contributed by atoms with van der Waals surface area (Å²) in [5, 5.41) is 23.3. The van der Waals surface area contributed by atoms with E-state index in [2.05, 4.69) is 20.7 Å². The predicted octanol–water partition coefficient (Wildman–Crippen LogP) is 1.27. The minimum Gasteiger partial charge on any atom is -0.382 e. The number of nitrogens with zero attached hydrogens (tertiary/aromatic N) is 4. The van der Waals surface area contributed by atoms with Gasteiger partial charge in [0, 0.05) is 5.56 Å². The molecule has 0 aliphatic carbocycles. The first-order valence-corrected chi connectivity index (χ1v) is 5.59. The van der Waals surface area contributed by atoms with E-state index in [4.69, 9.17) is 20.9 Å². The molecule has 2 rings (SSSR count). The molecule has 20 heavy (non-hydrogen) atoms. The van der Waals surface area contributed by atoms with E-state index in [1.165, 1.54) is 0 Å². The van der Waals surface area contributed by atoms with Crippen LogP contribution in [0.3, 0.4) is 0 Å². The van der Waals surface area contributed by atoms with E-state index < -0.39 is 5.84 Å². The fraction of sp³-hybridized carbons (Fsp3) is 0.0833. The number of nitrogens with two attached hydrogens (primary N) is 1. The van der Waals surface area contributed by atoms with Crippen molar-refractivity contribution >= 4 is 17.2 Å². The molecule has 1 aromatic carbocycles. The Kier molecular flexibility index (Phi) is 3.72. The highest BCUT2D eigenvalue weighted by molar-refractivity contribution is 6.45. The van der Waals surface area contributed by atoms with E-state index in [9.17, 15) is 0 Å². The second-order valence-corrected chi connectivity index (χ2v) is 3.82. The quantitative estimate of drug-likeness (QED) is 0.434. The third-order valence-corrected chi connectivity index (χ3v) is 2.32. The van der Waals surface area contributed by atoms with E-state index in [0.29, 0.717) is 17.4 Å². The molecule has 0 bridgehead atoms. The average Bonchev–Trinajstić information content (AvgIpc) is 2.86. The van der Waals surface area contributed by atoms with E-state index >= 15 is 0 Å². The molecular formula is C12H11N7O. The summed E-state index contributed by atoms with van der Waals surface area (Å²) in [6, 6.07) is 8.71. The summed E-state index contributed by atoms with van der Waals surface area (Å²) < 4.78 is 5.04. The van der Waals surface area contributed by atoms with Crippen molar-refractivity contribution in [2.75, 3.05) is 5.43 Å². The van der Waals surface area contributed by atoms with E-state index in [-0.39, 0.29) is 5.71 Å². The van der Waals surface area contributed by atoms with Crippen LogP contribution in [0.5, 0.6) is 0 Å². The number of benzene rings is 1. The van der Waals surface area contributed by atoms with Crippen molar-refractivity contribution in [3.8, 4) is 17.5 Å². The van der Waals surface area contributed by atoms with Gasteiger partial charge in [-0.15, -0.1) is 0 Å². The lowest BCUT2D eigenvalue weighted by molar-refractivity contribution is 0.425. The second-order valence-electron chi connectivity index (χ2n) is 3.82. The summed E-state index contributed by atoms with van der Waals surface area (Å²) in [6.45, 7) is 1.74. The molecule has 1 heterocycles. The zero-order chi connectivity index (χ0) is 14.5. The predicted molar refractivity (Wildman–Crippen MR) is 73.1 cm³/mol. The number of nitriles is 1. The molecule has 4 N–H and O–H groups in total. The number of aromatic nitrogens is 2. The molecule has 8 nitrogen and oxygen atoms in total. The Morgan fingerprint density at radius 3 is 2.65 bits per heavy atom. The molecule has 0 amide bonds. The van der Waals surface area contributed by atoms with Crippen molar-refractivity contribution in [3.05, 3.63) is 30.1 Å². The van der Waals surface area contributed by atoms with Gasteiger partial charge in [-0.25, -0.2) is 0 Å². The molecule has 8 heteroatoms. The first-order valence-electron chi connectivity index (χ1n) is 5.59. The van der Waals surface area contributed by atoms with Crippen LogP contribution in [0.1, 0.15) is 5.82 Å². The largest absolute Gasteiger partial charge is 0.382 e. The lowest BCUT2D eigenvalue weighted by atomic mass is 10.2. The first kappa shape index (κ1) is 13.2. The Bertz CT molecular complexity index is 693. The SMILES string of the molecule is Cc1noc(-c2ccc(N/N=C(\C#N)C(=N)N)cc2)n1. The highest BCUT2D eigenvalue weighted by atomic mass is 16.5. The maximum Gasteiger partial charge on any atom is 0.257 e. The van der Waals surface area contributed by atoms with Crippen LogP contribution in [0.4, 0.5) is 5.69 Å². The van der Waals surface area contributed by atoms with Crippen LogP contribution in [-0.2, 0) is 0 Å². The zero-order valence-electron chi connectivity index (χ0n) is 10.6. The van der Waals surface area contributed by atoms with Crippen LogP contribution in [0.25, 0.3) is 11.5 Å². The van der Waals surface area contributed by atoms with E-state index in [1.807, 2.05) is 0 Å². The van der Waals surface area contributed by atoms with Crippen molar-refractivity contribution in [3.63, 3.8) is 0 Å². The van der Waals surface area contributed by atoms with Gasteiger partial charge < -0.3 is 10.3 Å². The zero-order valence-corrected chi connectivity index (χ0v) is 10.6. The number of rotatable bonds is 4. The maximum atomic E-state index is 8.70. The number of nitrogens with one attached hydrogen (secondary N) is 2. The number of anilines is 1. The number of hydrogen-bond acceptors (Lipinski definition) is 7. The molecule has 0 fully saturated rings. The fourth-order valence-electron chi connectivity index (χ4n) is 1.37. The standard InChI is InChI=1S/C12H11N7O/c1-7-16-12(20-19-7)8-2-4-9(5-3-8)17-18-10(6-13)11(14)15/h2-5,17H,1H3,(H3,14,15)/b18-10+. The molecule has 2 aromatic rings. The molecule has 0 spiro atoms. The van der Waals surface area contributed by atoms with E-state index in [0.717, 1.165) is 5.56 Å². The molecule has 0 aliphatic heterocycles. The van der Waals surface area contributed by atoms with Gasteiger partial charge in [-0.2, -0.15) is 15.3 Å². The summed E-state index contributed by atoms with van der Waals surface area (Å²) in [5.41, 5.74) is 9.04. The van der Waals surface area contributed by atoms with Gasteiger partial charge in [0.1, 0.15) is 6.07 Å². The summed E-state index contributed by atoms with van der Waals surface area (Å²) in [7, 11) is 0. The Labute approximate surface area is 114 Å². The molecular weight excluding hydrogens is 258 g/mol. The molecule has 0 atom stereocenters. The van der Waals surface area contributed by atoms with Gasteiger partial charge in [-0.05, 0) is 31.2 Å². The first-order chi connectivity index (χ1) is 9.60. The lowest BCUT2D eigenvalue weighted by Crippen LogP contribution is -2.21. The number of aryl methyl sites for hydroxylation is 1. The van der Waals surface area contributed by atoms with Crippen LogP contribution in [-0.4, -0.2) is 21.7 Å². The third-order valence-electron chi connectivity index (χ3n) is 2.32. The van der Waals surface area contributed by atoms with Crippen molar-refractivity contribution < 1.29 is 4.52 Å². The summed E-state index contributed by atoms with van der Waals surface area (Å²) in [6.07, 6.45) is 0. The minimum absolute atomic E-state index is 0.179. The monoisotopic (exact) mass is 269 g/mol. The van der Waals surface area contributed by atoms with Gasteiger partial charge in [0.25, 0.3) is 5.89 Å². The third kappa shape index (κ3) is 2.97. The summed E-state index contributed by atoms with van der Waals surface area (Å²) in [5.74, 6) is 0.601. The Morgan fingerprint density at radius 1 is 1.45 bits per heavy atom. The van der Waals surface area contributed by atoms with Crippen LogP contribution < -0.4 is 11.2 Å². The van der Waals surface area contributed by atoms with Crippen molar-refractivity contribution in [2.24, 2.45) is 10.8 Å². The Balaban J connectivity index is 2.13. The summed E-state index contributed by atoms with van der Waals surface area (Å²) >= 11 is 0. The number of hydrogen-bond donors (Lipinski definition) is 3. The van der Waals surface area contributed by atoms with Gasteiger partial charge in [0.15, 0.2) is 11.7 Å². The molecule has 0 saturated heterocycles. The van der Waals surface area contributed by atoms with Gasteiger partial charge in [-0.1, -0.05) is 5.16 Å². The highest BCUT2D eigenvalue weighted by Crippen LogP contribution is 2.19. The van der Waals surface area contributed by atoms with Crippen molar-refractivity contribution in [1.82, 2.24) is 10.1 Å². The fourth-order valence-corrected chi connectivity index (χ4v) is 1.37. The highest BCUT2D eigenvalue weighted by Gasteiger charge is 2.06. The molecule has 0 radical (unpaired) electrons. The number of hydrazone groups is 1. The Hall–Kier alpha value is -3.21. The van der Waals surface area contributed by atoms with Gasteiger partial charge in [-0.3, -0.25) is 10.8 Å². The average molecular weight is 269 g/mol. The van der Waals surface area contributed by atoms with Crippen LogP contribution in [0.15, 0.2) is 33.9 Å².